The standard InChI is InChI=1S/C26H28N2O4S2/c29-24-23(34-26(33)28(24)20-8-4-7-19(15-20)25(30)31)27-22-14-13-21(32-22)18-11-9-17(10-12-18)16-5-2-1-3-6-16/h9-14,16,19-20H,1-8,15H2,(H,30,31)/p+1/b27-23+. The second kappa shape index (κ2) is 10.0. The first-order valence-electron chi connectivity index (χ1n) is 12.1. The molecule has 2 N–H and O–H groups in total. The van der Waals surface area contributed by atoms with Crippen molar-refractivity contribution in [1.29, 1.82) is 0 Å². The molecule has 1 saturated heterocycles. The van der Waals surface area contributed by atoms with Gasteiger partial charge < -0.3 is 9.52 Å². The number of thioether (sulfide) groups is 1. The number of carbonyl (C=O) groups excluding carboxylic acids is 1. The lowest BCUT2D eigenvalue weighted by atomic mass is 9.84. The topological polar surface area (TPSA) is 84.7 Å². The largest absolute Gasteiger partial charge is 0.481 e. The monoisotopic (exact) mass is 497 g/mol. The second-order valence-electron chi connectivity index (χ2n) is 9.47. The van der Waals surface area contributed by atoms with Crippen LogP contribution in [0.2, 0.25) is 0 Å². The van der Waals surface area contributed by atoms with Crippen LogP contribution in [0.3, 0.4) is 0 Å². The van der Waals surface area contributed by atoms with Gasteiger partial charge in [0, 0.05) is 23.4 Å². The number of thiocarbonyl (C=S) groups is 1. The highest BCUT2D eigenvalue weighted by atomic mass is 32.2. The van der Waals surface area contributed by atoms with Crippen molar-refractivity contribution in [3.63, 3.8) is 0 Å². The number of nitrogens with zero attached hydrogens (tertiary/aromatic N) is 1. The number of carbonyl (C=O) groups is 2. The molecule has 178 valence electrons. The molecule has 1 amide bonds. The Morgan fingerprint density at radius 1 is 1.03 bits per heavy atom. The van der Waals surface area contributed by atoms with Crippen LogP contribution in [0.4, 0.5) is 5.88 Å². The Labute approximate surface area is 208 Å². The van der Waals surface area contributed by atoms with Crippen molar-refractivity contribution in [2.24, 2.45) is 5.92 Å². The lowest BCUT2D eigenvalue weighted by Gasteiger charge is -2.32. The summed E-state index contributed by atoms with van der Waals surface area (Å²) in [4.78, 5) is 29.2. The first-order valence-corrected chi connectivity index (χ1v) is 13.3. The van der Waals surface area contributed by atoms with Gasteiger partial charge in [-0.2, -0.15) is 4.99 Å². The molecular weight excluding hydrogens is 468 g/mol. The van der Waals surface area contributed by atoms with Crippen LogP contribution in [0.15, 0.2) is 40.8 Å². The number of carboxylic acids is 1. The minimum absolute atomic E-state index is 0.170. The zero-order valence-corrected chi connectivity index (χ0v) is 20.6. The first-order chi connectivity index (χ1) is 16.5. The number of hydrogen-bond acceptors (Lipinski definition) is 5. The first kappa shape index (κ1) is 23.3. The fraction of sp³-hybridized carbons (Fsp3) is 0.462. The van der Waals surface area contributed by atoms with Crippen molar-refractivity contribution < 1.29 is 24.1 Å². The Kier molecular flexibility index (Phi) is 6.88. The number of carboxylic acid groups (broad SMARTS) is 1. The molecule has 2 atom stereocenters. The number of rotatable bonds is 5. The van der Waals surface area contributed by atoms with Gasteiger partial charge in [0.1, 0.15) is 5.76 Å². The summed E-state index contributed by atoms with van der Waals surface area (Å²) in [5.74, 6) is 0.463. The van der Waals surface area contributed by atoms with Gasteiger partial charge in [0.15, 0.2) is 4.32 Å². The van der Waals surface area contributed by atoms with Gasteiger partial charge in [0.05, 0.1) is 12.0 Å². The Morgan fingerprint density at radius 3 is 2.53 bits per heavy atom. The number of nitrogens with one attached hydrogen (secondary N) is 1. The summed E-state index contributed by atoms with van der Waals surface area (Å²) in [7, 11) is 0. The highest BCUT2D eigenvalue weighted by Gasteiger charge is 2.44. The number of amides is 1. The normalized spacial score (nSPS) is 25.3. The van der Waals surface area contributed by atoms with Crippen molar-refractivity contribution in [2.75, 3.05) is 0 Å². The molecule has 2 unspecified atom stereocenters. The number of benzene rings is 1. The van der Waals surface area contributed by atoms with E-state index in [1.165, 1.54) is 49.4 Å². The average molecular weight is 498 g/mol. The summed E-state index contributed by atoms with van der Waals surface area (Å²) < 4.78 is 6.46. The molecule has 5 rings (SSSR count). The van der Waals surface area contributed by atoms with E-state index in [2.05, 4.69) is 29.3 Å². The summed E-state index contributed by atoms with van der Waals surface area (Å²) in [6.45, 7) is 0. The molecule has 2 saturated carbocycles. The maximum Gasteiger partial charge on any atom is 0.372 e. The van der Waals surface area contributed by atoms with Gasteiger partial charge in [-0.3, -0.25) is 14.5 Å². The van der Waals surface area contributed by atoms with E-state index in [9.17, 15) is 14.7 Å². The van der Waals surface area contributed by atoms with Crippen molar-refractivity contribution in [3.05, 3.63) is 42.0 Å². The van der Waals surface area contributed by atoms with Crippen LogP contribution >= 0.6 is 24.0 Å². The molecule has 2 aromatic rings. The van der Waals surface area contributed by atoms with Crippen molar-refractivity contribution in [1.82, 2.24) is 4.90 Å². The van der Waals surface area contributed by atoms with Gasteiger partial charge in [-0.1, -0.05) is 62.2 Å². The lowest BCUT2D eigenvalue weighted by molar-refractivity contribution is -0.368. The smallest absolute Gasteiger partial charge is 0.372 e. The molecule has 34 heavy (non-hydrogen) atoms. The summed E-state index contributed by atoms with van der Waals surface area (Å²) in [5.41, 5.74) is 2.40. The minimum Gasteiger partial charge on any atom is -0.481 e. The van der Waals surface area contributed by atoms with E-state index in [-0.39, 0.29) is 11.9 Å². The van der Waals surface area contributed by atoms with Crippen LogP contribution in [0.5, 0.6) is 0 Å². The third kappa shape index (κ3) is 4.84. The highest BCUT2D eigenvalue weighted by Crippen LogP contribution is 2.35. The molecule has 1 aliphatic heterocycles. The zero-order valence-electron chi connectivity index (χ0n) is 19.0. The van der Waals surface area contributed by atoms with Crippen LogP contribution in [-0.2, 0) is 9.59 Å². The van der Waals surface area contributed by atoms with E-state index in [1.807, 2.05) is 12.1 Å². The van der Waals surface area contributed by atoms with Gasteiger partial charge in [0.25, 0.3) is 0 Å². The third-order valence-electron chi connectivity index (χ3n) is 7.27. The molecule has 1 aromatic carbocycles. The van der Waals surface area contributed by atoms with Crippen LogP contribution < -0.4 is 4.99 Å². The van der Waals surface area contributed by atoms with E-state index < -0.39 is 11.9 Å². The summed E-state index contributed by atoms with van der Waals surface area (Å²) in [6.07, 6.45) is 9.17. The van der Waals surface area contributed by atoms with Crippen LogP contribution in [-0.4, -0.2) is 37.3 Å². The summed E-state index contributed by atoms with van der Waals surface area (Å²) in [5, 5.41) is 9.78. The van der Waals surface area contributed by atoms with E-state index in [4.69, 9.17) is 16.6 Å². The second-order valence-corrected chi connectivity index (χ2v) is 11.1. The quantitative estimate of drug-likeness (QED) is 0.587. The number of aliphatic carboxylic acids is 1. The van der Waals surface area contributed by atoms with Gasteiger partial charge in [-0.05, 0) is 49.7 Å². The molecule has 3 aliphatic rings. The lowest BCUT2D eigenvalue weighted by Crippen LogP contribution is -2.67. The minimum atomic E-state index is -0.799. The van der Waals surface area contributed by atoms with Crippen molar-refractivity contribution in [3.8, 4) is 11.3 Å². The maximum atomic E-state index is 13.1. The zero-order chi connectivity index (χ0) is 23.7. The molecular formula is C26H29N2O4S2+. The van der Waals surface area contributed by atoms with E-state index in [0.717, 1.165) is 24.2 Å². The van der Waals surface area contributed by atoms with Crippen molar-refractivity contribution in [2.45, 2.75) is 69.7 Å². The maximum absolute atomic E-state index is 13.1. The predicted octanol–water partition coefficient (Wildman–Crippen LogP) is 4.61. The van der Waals surface area contributed by atoms with Gasteiger partial charge in [-0.15, -0.1) is 0 Å². The fourth-order valence-electron chi connectivity index (χ4n) is 5.42. The molecule has 0 spiro atoms. The molecule has 6 nitrogen and oxygen atoms in total. The Bertz CT molecular complexity index is 1120. The number of furan rings is 1. The Morgan fingerprint density at radius 2 is 1.79 bits per heavy atom. The molecule has 2 aliphatic carbocycles. The van der Waals surface area contributed by atoms with Gasteiger partial charge in [0.2, 0.25) is 0 Å². The fourth-order valence-corrected chi connectivity index (χ4v) is 6.74. The van der Waals surface area contributed by atoms with Gasteiger partial charge in [-0.25, -0.2) is 0 Å². The van der Waals surface area contributed by atoms with Gasteiger partial charge >= 0.3 is 22.8 Å². The molecule has 8 heteroatoms. The summed E-state index contributed by atoms with van der Waals surface area (Å²) >= 11 is 6.68. The van der Waals surface area contributed by atoms with E-state index >= 15 is 0 Å². The molecule has 0 radical (unpaired) electrons. The molecule has 0 bridgehead atoms. The van der Waals surface area contributed by atoms with Crippen LogP contribution in [0.1, 0.15) is 69.3 Å². The molecule has 3 fully saturated rings. The van der Waals surface area contributed by atoms with E-state index in [0.29, 0.717) is 34.0 Å². The third-order valence-corrected chi connectivity index (χ3v) is 8.57. The molecule has 1 aromatic heterocycles. The predicted molar refractivity (Wildman–Crippen MR) is 136 cm³/mol. The van der Waals surface area contributed by atoms with Crippen LogP contribution in [0, 0.1) is 5.92 Å². The van der Waals surface area contributed by atoms with Crippen LogP contribution in [0.25, 0.3) is 11.3 Å². The highest BCUT2D eigenvalue weighted by molar-refractivity contribution is 8.34. The molecule has 2 heterocycles. The summed E-state index contributed by atoms with van der Waals surface area (Å²) in [6, 6.07) is 12.2. The van der Waals surface area contributed by atoms with E-state index in [1.54, 1.807) is 4.90 Å². The number of hydrogen-bond donors (Lipinski definition) is 2. The average Bonchev–Trinajstić information content (AvgIpc) is 3.44. The van der Waals surface area contributed by atoms with Crippen molar-refractivity contribution >= 4 is 51.1 Å². The SMILES string of the molecule is O=C(O)C1CCCC(N2C(=O)/C(=[NH+]\c3ccc(-c4ccc(C5CCCCC5)cc4)o3)SC2=S)C1. The Hall–Kier alpha value is -2.45. The Balaban J connectivity index is 1.28.